The summed E-state index contributed by atoms with van der Waals surface area (Å²) in [7, 11) is 0. The average molecular weight is 312 g/mol. The van der Waals surface area contributed by atoms with Gasteiger partial charge in [-0.25, -0.2) is 4.99 Å². The number of nitrogens with one attached hydrogen (secondary N) is 2. The van der Waals surface area contributed by atoms with Crippen LogP contribution in [0.2, 0.25) is 0 Å². The Hall–Kier alpha value is -1.51. The van der Waals surface area contributed by atoms with Crippen LogP contribution in [-0.4, -0.2) is 47.5 Å². The number of hydroxylamine groups is 2. The molecule has 0 unspecified atom stereocenters. The number of hydrogen-bond donors (Lipinski definition) is 3. The van der Waals surface area contributed by atoms with E-state index in [9.17, 15) is 10.0 Å². The van der Waals surface area contributed by atoms with E-state index in [-0.39, 0.29) is 12.5 Å². The van der Waals surface area contributed by atoms with Crippen LogP contribution in [0.5, 0.6) is 0 Å². The molecule has 3 N–H and O–H groups in total. The highest BCUT2D eigenvalue weighted by atomic mass is 32.2. The van der Waals surface area contributed by atoms with E-state index < -0.39 is 0 Å². The Morgan fingerprint density at radius 2 is 2.33 bits per heavy atom. The number of guanidine groups is 1. The molecule has 116 valence electrons. The van der Waals surface area contributed by atoms with Gasteiger partial charge in [-0.3, -0.25) is 10.1 Å². The van der Waals surface area contributed by atoms with E-state index in [1.54, 1.807) is 11.8 Å². The van der Waals surface area contributed by atoms with Crippen molar-refractivity contribution in [2.24, 2.45) is 4.99 Å². The van der Waals surface area contributed by atoms with Gasteiger partial charge in [-0.2, -0.15) is 16.8 Å². The van der Waals surface area contributed by atoms with Crippen molar-refractivity contribution in [3.8, 4) is 0 Å². The number of aliphatic imine (C=N–C) groups is 1. The van der Waals surface area contributed by atoms with Gasteiger partial charge in [-0.15, -0.1) is 0 Å². The molecule has 0 spiro atoms. The second-order valence-corrected chi connectivity index (χ2v) is 5.65. The van der Waals surface area contributed by atoms with Gasteiger partial charge in [-0.05, 0) is 12.1 Å². The van der Waals surface area contributed by atoms with E-state index in [1.807, 2.05) is 19.1 Å². The molecule has 1 aliphatic heterocycles. The first-order valence-electron chi connectivity index (χ1n) is 6.84. The molecule has 0 fully saturated rings. The standard InChI is InChI=1S/C13H20N4O3S/c1-2-17(19)8-10-3-4-11(20-10)9-21-6-5-14-13-15-7-12(18)16-13/h3-4,19H,2,5-9H2,1H3,(H2,14,15,16,18). The average Bonchev–Trinajstić information content (AvgIpc) is 3.08. The van der Waals surface area contributed by atoms with Gasteiger partial charge >= 0.3 is 0 Å². The molecule has 2 rings (SSSR count). The van der Waals surface area contributed by atoms with E-state index in [1.165, 1.54) is 5.06 Å². The lowest BCUT2D eigenvalue weighted by Gasteiger charge is -2.08. The highest BCUT2D eigenvalue weighted by molar-refractivity contribution is 7.98. The van der Waals surface area contributed by atoms with E-state index >= 15 is 0 Å². The lowest BCUT2D eigenvalue weighted by Crippen LogP contribution is -2.37. The number of amides is 1. The SMILES string of the molecule is CCN(O)Cc1ccc(CSCCNC2=NCC(=O)N2)o1. The fourth-order valence-corrected chi connectivity index (χ4v) is 2.50. The van der Waals surface area contributed by atoms with Crippen LogP contribution in [-0.2, 0) is 17.1 Å². The number of nitrogens with zero attached hydrogens (tertiary/aromatic N) is 2. The van der Waals surface area contributed by atoms with Crippen LogP contribution in [0.25, 0.3) is 0 Å². The van der Waals surface area contributed by atoms with Crippen molar-refractivity contribution in [2.75, 3.05) is 25.4 Å². The molecule has 0 aromatic carbocycles. The highest BCUT2D eigenvalue weighted by Crippen LogP contribution is 2.16. The van der Waals surface area contributed by atoms with Crippen LogP contribution in [0.4, 0.5) is 0 Å². The molecule has 0 radical (unpaired) electrons. The molecule has 0 saturated carbocycles. The molecular formula is C13H20N4O3S. The Labute approximate surface area is 127 Å². The Bertz CT molecular complexity index is 503. The molecule has 7 nitrogen and oxygen atoms in total. The van der Waals surface area contributed by atoms with E-state index in [0.717, 1.165) is 29.6 Å². The Morgan fingerprint density at radius 3 is 3.05 bits per heavy atom. The first kappa shape index (κ1) is 15.9. The van der Waals surface area contributed by atoms with Crippen LogP contribution in [0.3, 0.4) is 0 Å². The Balaban J connectivity index is 1.59. The zero-order valence-corrected chi connectivity index (χ0v) is 12.8. The fourth-order valence-electron chi connectivity index (χ4n) is 1.75. The minimum atomic E-state index is -0.0710. The zero-order valence-electron chi connectivity index (χ0n) is 12.0. The molecule has 2 heterocycles. The predicted octanol–water partition coefficient (Wildman–Crippen LogP) is 0.799. The van der Waals surface area contributed by atoms with Crippen molar-refractivity contribution >= 4 is 23.6 Å². The summed E-state index contributed by atoms with van der Waals surface area (Å²) in [6, 6.07) is 3.82. The van der Waals surface area contributed by atoms with Gasteiger partial charge in [0.05, 0.1) is 12.3 Å². The number of carbonyl (C=O) groups excluding carboxylic acids is 1. The van der Waals surface area contributed by atoms with Gasteiger partial charge in [0.15, 0.2) is 5.96 Å². The summed E-state index contributed by atoms with van der Waals surface area (Å²) in [5, 5.41) is 16.3. The summed E-state index contributed by atoms with van der Waals surface area (Å²) in [6.45, 7) is 3.80. The van der Waals surface area contributed by atoms with Gasteiger partial charge in [0.25, 0.3) is 0 Å². The maximum atomic E-state index is 10.9. The normalized spacial score (nSPS) is 14.4. The summed E-state index contributed by atoms with van der Waals surface area (Å²) in [5.74, 6) is 3.80. The van der Waals surface area contributed by atoms with Gasteiger partial charge in [0.1, 0.15) is 18.1 Å². The third-order valence-electron chi connectivity index (χ3n) is 2.84. The van der Waals surface area contributed by atoms with Crippen LogP contribution in [0.15, 0.2) is 21.5 Å². The smallest absolute Gasteiger partial charge is 0.248 e. The predicted molar refractivity (Wildman–Crippen MR) is 81.2 cm³/mol. The maximum absolute atomic E-state index is 10.9. The molecule has 0 atom stereocenters. The van der Waals surface area contributed by atoms with Crippen LogP contribution >= 0.6 is 11.8 Å². The lowest BCUT2D eigenvalue weighted by molar-refractivity contribution is -0.117. The molecule has 21 heavy (non-hydrogen) atoms. The molecule has 8 heteroatoms. The summed E-state index contributed by atoms with van der Waals surface area (Å²) in [5.41, 5.74) is 0. The largest absolute Gasteiger partial charge is 0.464 e. The Kier molecular flexibility index (Phi) is 6.09. The number of furan rings is 1. The second-order valence-electron chi connectivity index (χ2n) is 4.54. The molecule has 1 aromatic rings. The van der Waals surface area contributed by atoms with Gasteiger partial charge in [0.2, 0.25) is 5.91 Å². The van der Waals surface area contributed by atoms with E-state index in [2.05, 4.69) is 15.6 Å². The summed E-state index contributed by atoms with van der Waals surface area (Å²) in [6.07, 6.45) is 0. The lowest BCUT2D eigenvalue weighted by atomic mass is 10.4. The quantitative estimate of drug-likeness (QED) is 0.486. The van der Waals surface area contributed by atoms with Crippen molar-refractivity contribution < 1.29 is 14.4 Å². The minimum Gasteiger partial charge on any atom is -0.464 e. The molecular weight excluding hydrogens is 292 g/mol. The molecule has 0 bridgehead atoms. The van der Waals surface area contributed by atoms with Crippen molar-refractivity contribution in [1.82, 2.24) is 15.7 Å². The van der Waals surface area contributed by atoms with Gasteiger partial charge in [0, 0.05) is 18.8 Å². The number of thioether (sulfide) groups is 1. The monoisotopic (exact) mass is 312 g/mol. The molecule has 1 aromatic heterocycles. The summed E-state index contributed by atoms with van der Waals surface area (Å²) < 4.78 is 5.63. The molecule has 1 amide bonds. The number of rotatable bonds is 8. The van der Waals surface area contributed by atoms with Gasteiger partial charge < -0.3 is 14.9 Å². The molecule has 0 saturated heterocycles. The van der Waals surface area contributed by atoms with Crippen LogP contribution < -0.4 is 10.6 Å². The highest BCUT2D eigenvalue weighted by Gasteiger charge is 2.11. The van der Waals surface area contributed by atoms with Crippen LogP contribution in [0, 0.1) is 0 Å². The Morgan fingerprint density at radius 1 is 1.52 bits per heavy atom. The maximum Gasteiger partial charge on any atom is 0.248 e. The fraction of sp³-hybridized carbons (Fsp3) is 0.538. The van der Waals surface area contributed by atoms with Crippen molar-refractivity contribution in [3.05, 3.63) is 23.7 Å². The van der Waals surface area contributed by atoms with E-state index in [4.69, 9.17) is 4.42 Å². The van der Waals surface area contributed by atoms with Crippen molar-refractivity contribution in [3.63, 3.8) is 0 Å². The first-order chi connectivity index (χ1) is 10.2. The third kappa shape index (κ3) is 5.41. The van der Waals surface area contributed by atoms with Gasteiger partial charge in [-0.1, -0.05) is 6.92 Å². The molecule has 1 aliphatic rings. The first-order valence-corrected chi connectivity index (χ1v) is 8.00. The summed E-state index contributed by atoms with van der Waals surface area (Å²) in [4.78, 5) is 14.9. The third-order valence-corrected chi connectivity index (χ3v) is 3.82. The minimum absolute atomic E-state index is 0.0710. The van der Waals surface area contributed by atoms with Crippen molar-refractivity contribution in [1.29, 1.82) is 0 Å². The summed E-state index contributed by atoms with van der Waals surface area (Å²) >= 11 is 1.73. The number of carbonyl (C=O) groups is 1. The number of hydrogen-bond acceptors (Lipinski definition) is 7. The second kappa shape index (κ2) is 8.06. The van der Waals surface area contributed by atoms with E-state index in [0.29, 0.717) is 19.0 Å². The van der Waals surface area contributed by atoms with Crippen molar-refractivity contribution in [2.45, 2.75) is 19.2 Å². The molecule has 0 aliphatic carbocycles. The zero-order chi connectivity index (χ0) is 15.1. The topological polar surface area (TPSA) is 90.1 Å². The van der Waals surface area contributed by atoms with Crippen LogP contribution in [0.1, 0.15) is 18.4 Å².